The number of aliphatic hydroxyl groups is 6. The van der Waals surface area contributed by atoms with Crippen LogP contribution in [-0.2, 0) is 14.3 Å². The number of hydrogen-bond acceptors (Lipinski definition) is 9. The lowest BCUT2D eigenvalue weighted by molar-refractivity contribution is -0.303. The maximum atomic E-state index is 12.9. The van der Waals surface area contributed by atoms with Gasteiger partial charge in [-0.15, -0.1) is 0 Å². The summed E-state index contributed by atoms with van der Waals surface area (Å²) in [6, 6.07) is -0.982. The van der Waals surface area contributed by atoms with Crippen molar-refractivity contribution in [2.45, 2.75) is 236 Å². The van der Waals surface area contributed by atoms with Crippen molar-refractivity contribution < 1.29 is 44.9 Å². The molecule has 2 unspecified atom stereocenters. The van der Waals surface area contributed by atoms with E-state index in [9.17, 15) is 35.4 Å². The van der Waals surface area contributed by atoms with Crippen molar-refractivity contribution in [3.05, 3.63) is 0 Å². The SMILES string of the molecule is CCCCCCCCCCCCCCCCCCC(=O)N[C@@H](CO[C@@H]1O[C@H](CO)[C@@H](O)C(O)C1O)[C@H](O)[C@H](O)CCCCCCCCCCC. The van der Waals surface area contributed by atoms with Gasteiger partial charge in [0.2, 0.25) is 5.91 Å². The molecule has 1 aliphatic heterocycles. The van der Waals surface area contributed by atoms with Crippen LogP contribution in [0.15, 0.2) is 0 Å². The first-order valence-corrected chi connectivity index (χ1v) is 20.8. The highest BCUT2D eigenvalue weighted by atomic mass is 16.7. The summed E-state index contributed by atoms with van der Waals surface area (Å²) in [5.41, 5.74) is 0. The third kappa shape index (κ3) is 22.3. The molecule has 50 heavy (non-hydrogen) atoms. The van der Waals surface area contributed by atoms with Crippen molar-refractivity contribution in [1.29, 1.82) is 0 Å². The molecule has 1 saturated heterocycles. The summed E-state index contributed by atoms with van der Waals surface area (Å²) in [5, 5.41) is 64.8. The van der Waals surface area contributed by atoms with Gasteiger partial charge in [-0.25, -0.2) is 0 Å². The number of unbranched alkanes of at least 4 members (excludes halogenated alkanes) is 23. The Bertz CT molecular complexity index is 773. The lowest BCUT2D eigenvalue weighted by Gasteiger charge is -2.40. The van der Waals surface area contributed by atoms with Crippen molar-refractivity contribution in [3.63, 3.8) is 0 Å². The highest BCUT2D eigenvalue weighted by molar-refractivity contribution is 5.76. The molecule has 0 radical (unpaired) electrons. The Balaban J connectivity index is 2.41. The molecule has 0 aliphatic carbocycles. The molecule has 8 atom stereocenters. The first-order chi connectivity index (χ1) is 24.3. The Labute approximate surface area is 305 Å². The Morgan fingerprint density at radius 3 is 1.48 bits per heavy atom. The molecule has 0 aromatic heterocycles. The molecule has 1 heterocycles. The maximum Gasteiger partial charge on any atom is 0.220 e. The highest BCUT2D eigenvalue weighted by Gasteiger charge is 2.44. The van der Waals surface area contributed by atoms with E-state index in [-0.39, 0.29) is 18.9 Å². The van der Waals surface area contributed by atoms with Gasteiger partial charge < -0.3 is 45.4 Å². The van der Waals surface area contributed by atoms with E-state index in [1.807, 2.05) is 0 Å². The summed E-state index contributed by atoms with van der Waals surface area (Å²) in [6.07, 6.45) is 21.2. The first kappa shape index (κ1) is 47.2. The van der Waals surface area contributed by atoms with Gasteiger partial charge in [-0.2, -0.15) is 0 Å². The van der Waals surface area contributed by atoms with Gasteiger partial charge in [0.05, 0.1) is 25.4 Å². The summed E-state index contributed by atoms with van der Waals surface area (Å²) < 4.78 is 11.1. The second kappa shape index (κ2) is 31.7. The van der Waals surface area contributed by atoms with Crippen LogP contribution in [0.3, 0.4) is 0 Å². The minimum absolute atomic E-state index is 0.257. The predicted molar refractivity (Wildman–Crippen MR) is 200 cm³/mol. The molecular formula is C40H79NO9. The summed E-state index contributed by atoms with van der Waals surface area (Å²) in [6.45, 7) is 3.57. The third-order valence-electron chi connectivity index (χ3n) is 10.3. The van der Waals surface area contributed by atoms with E-state index in [2.05, 4.69) is 19.2 Å². The van der Waals surface area contributed by atoms with E-state index < -0.39 is 55.6 Å². The Hall–Kier alpha value is -0.850. The average Bonchev–Trinajstić information content (AvgIpc) is 3.11. The molecule has 7 N–H and O–H groups in total. The summed E-state index contributed by atoms with van der Waals surface area (Å²) in [4.78, 5) is 12.9. The first-order valence-electron chi connectivity index (χ1n) is 20.8. The van der Waals surface area contributed by atoms with Gasteiger partial charge in [0.25, 0.3) is 0 Å². The van der Waals surface area contributed by atoms with Crippen LogP contribution >= 0.6 is 0 Å². The lowest BCUT2D eigenvalue weighted by atomic mass is 9.98. The fraction of sp³-hybridized carbons (Fsp3) is 0.975. The summed E-state index contributed by atoms with van der Waals surface area (Å²) in [5.74, 6) is -0.257. The normalized spacial score (nSPS) is 22.8. The number of ether oxygens (including phenoxy) is 2. The van der Waals surface area contributed by atoms with Crippen LogP contribution in [0.25, 0.3) is 0 Å². The lowest BCUT2D eigenvalue weighted by Crippen LogP contribution is -2.60. The van der Waals surface area contributed by atoms with Crippen molar-refractivity contribution in [2.24, 2.45) is 0 Å². The molecule has 1 amide bonds. The highest BCUT2D eigenvalue weighted by Crippen LogP contribution is 2.23. The van der Waals surface area contributed by atoms with E-state index in [1.54, 1.807) is 0 Å². The monoisotopic (exact) mass is 718 g/mol. The van der Waals surface area contributed by atoms with Gasteiger partial charge in [-0.1, -0.05) is 168 Å². The molecule has 1 fully saturated rings. The number of nitrogens with one attached hydrogen (secondary N) is 1. The van der Waals surface area contributed by atoms with E-state index >= 15 is 0 Å². The van der Waals surface area contributed by atoms with Crippen LogP contribution in [-0.4, -0.2) is 98.7 Å². The summed E-state index contributed by atoms with van der Waals surface area (Å²) in [7, 11) is 0. The van der Waals surface area contributed by atoms with Crippen LogP contribution in [0.5, 0.6) is 0 Å². The molecule has 0 saturated carbocycles. The van der Waals surface area contributed by atoms with Crippen LogP contribution in [0.2, 0.25) is 0 Å². The molecular weight excluding hydrogens is 638 g/mol. The standard InChI is InChI=1S/C40H79NO9/c1-3-5-7-9-11-13-14-15-16-17-18-19-21-23-25-27-29-35(44)41-32(31-49-40-39(48)38(47)37(46)34(30-42)50-40)36(45)33(43)28-26-24-22-20-12-10-8-6-4-2/h32-34,36-40,42-43,45-48H,3-31H2,1-2H3,(H,41,44)/t32-,33+,34+,36-,37+,38?,39?,40+/m0/s1. The van der Waals surface area contributed by atoms with E-state index in [0.29, 0.717) is 6.42 Å². The molecule has 1 aliphatic rings. The van der Waals surface area contributed by atoms with E-state index in [0.717, 1.165) is 44.9 Å². The largest absolute Gasteiger partial charge is 0.394 e. The smallest absolute Gasteiger partial charge is 0.220 e. The zero-order valence-electron chi connectivity index (χ0n) is 32.0. The molecule has 0 aromatic carbocycles. The third-order valence-corrected chi connectivity index (χ3v) is 10.3. The number of carbonyl (C=O) groups is 1. The topological polar surface area (TPSA) is 169 Å². The van der Waals surface area contributed by atoms with Gasteiger partial charge in [0, 0.05) is 6.42 Å². The predicted octanol–water partition coefficient (Wildman–Crippen LogP) is 6.58. The van der Waals surface area contributed by atoms with Crippen molar-refractivity contribution >= 4 is 5.91 Å². The second-order valence-electron chi connectivity index (χ2n) is 14.9. The molecule has 298 valence electrons. The number of carbonyl (C=O) groups excluding carboxylic acids is 1. The molecule has 0 bridgehead atoms. The van der Waals surface area contributed by atoms with Crippen LogP contribution < -0.4 is 5.32 Å². The van der Waals surface area contributed by atoms with Gasteiger partial charge in [0.1, 0.15) is 30.5 Å². The second-order valence-corrected chi connectivity index (χ2v) is 14.9. The van der Waals surface area contributed by atoms with Gasteiger partial charge in [-0.3, -0.25) is 4.79 Å². The van der Waals surface area contributed by atoms with Crippen molar-refractivity contribution in [3.8, 4) is 0 Å². The van der Waals surface area contributed by atoms with Crippen LogP contribution in [0.4, 0.5) is 0 Å². The number of amides is 1. The molecule has 0 spiro atoms. The van der Waals surface area contributed by atoms with Crippen LogP contribution in [0.1, 0.15) is 187 Å². The Kier molecular flexibility index (Phi) is 29.9. The molecule has 10 nitrogen and oxygen atoms in total. The number of aliphatic hydroxyl groups excluding tert-OH is 6. The maximum absolute atomic E-state index is 12.9. The van der Waals surface area contributed by atoms with Crippen molar-refractivity contribution in [2.75, 3.05) is 13.2 Å². The van der Waals surface area contributed by atoms with Gasteiger partial charge in [-0.05, 0) is 12.8 Å². The minimum Gasteiger partial charge on any atom is -0.394 e. The minimum atomic E-state index is -1.60. The Morgan fingerprint density at radius 2 is 1.04 bits per heavy atom. The average molecular weight is 718 g/mol. The zero-order chi connectivity index (χ0) is 36.8. The van der Waals surface area contributed by atoms with E-state index in [1.165, 1.54) is 116 Å². The molecule has 10 heteroatoms. The van der Waals surface area contributed by atoms with E-state index in [4.69, 9.17) is 9.47 Å². The molecule has 0 aromatic rings. The Morgan fingerprint density at radius 1 is 0.620 bits per heavy atom. The summed E-state index contributed by atoms with van der Waals surface area (Å²) >= 11 is 0. The van der Waals surface area contributed by atoms with Gasteiger partial charge >= 0.3 is 0 Å². The fourth-order valence-electron chi connectivity index (χ4n) is 6.84. The number of hydrogen-bond donors (Lipinski definition) is 7. The zero-order valence-corrected chi connectivity index (χ0v) is 32.0. The van der Waals surface area contributed by atoms with Crippen molar-refractivity contribution in [1.82, 2.24) is 5.32 Å². The van der Waals surface area contributed by atoms with Crippen LogP contribution in [0, 0.1) is 0 Å². The van der Waals surface area contributed by atoms with Gasteiger partial charge in [0.15, 0.2) is 6.29 Å². The molecule has 1 rings (SSSR count). The quantitative estimate of drug-likeness (QED) is 0.0364. The fourth-order valence-corrected chi connectivity index (χ4v) is 6.84. The number of rotatable bonds is 34.